The predicted molar refractivity (Wildman–Crippen MR) is 69.7 cm³/mol. The molecule has 0 spiro atoms. The Balaban J connectivity index is 2.23. The maximum Gasteiger partial charge on any atom is 0.0106 e. The molecule has 0 aliphatic carbocycles. The Morgan fingerprint density at radius 3 is 2.27 bits per heavy atom. The lowest BCUT2D eigenvalue weighted by Crippen LogP contribution is -2.37. The standard InChI is InChI=1S/C13H21NS/c1-11-5-7-12(8-6-11)15-10-9-14-13(2,3)4/h5-8,14H,9-10H2,1-4H3. The summed E-state index contributed by atoms with van der Waals surface area (Å²) < 4.78 is 0. The van der Waals surface area contributed by atoms with Gasteiger partial charge in [-0.2, -0.15) is 0 Å². The third-order valence-electron chi connectivity index (χ3n) is 2.05. The van der Waals surface area contributed by atoms with Crippen LogP contribution in [0, 0.1) is 6.92 Å². The Hall–Kier alpha value is -0.470. The van der Waals surface area contributed by atoms with Crippen molar-refractivity contribution in [3.63, 3.8) is 0 Å². The summed E-state index contributed by atoms with van der Waals surface area (Å²) in [5.74, 6) is 1.13. The zero-order chi connectivity index (χ0) is 11.3. The predicted octanol–water partition coefficient (Wildman–Crippen LogP) is 3.48. The number of rotatable bonds is 4. The molecule has 1 rings (SSSR count). The molecule has 0 aliphatic heterocycles. The van der Waals surface area contributed by atoms with E-state index in [1.165, 1.54) is 10.5 Å². The van der Waals surface area contributed by atoms with E-state index in [0.717, 1.165) is 12.3 Å². The summed E-state index contributed by atoms with van der Waals surface area (Å²) in [5, 5.41) is 3.48. The van der Waals surface area contributed by atoms with Crippen molar-refractivity contribution >= 4 is 11.8 Å². The van der Waals surface area contributed by atoms with Crippen LogP contribution in [0.4, 0.5) is 0 Å². The Labute approximate surface area is 97.7 Å². The van der Waals surface area contributed by atoms with Gasteiger partial charge in [0, 0.05) is 22.7 Å². The van der Waals surface area contributed by atoms with Crippen molar-refractivity contribution in [3.05, 3.63) is 29.8 Å². The van der Waals surface area contributed by atoms with E-state index < -0.39 is 0 Å². The zero-order valence-electron chi connectivity index (χ0n) is 10.1. The molecule has 0 amide bonds. The highest BCUT2D eigenvalue weighted by Gasteiger charge is 2.07. The van der Waals surface area contributed by atoms with Crippen LogP contribution in [0.15, 0.2) is 29.2 Å². The highest BCUT2D eigenvalue weighted by atomic mass is 32.2. The van der Waals surface area contributed by atoms with Gasteiger partial charge in [0.25, 0.3) is 0 Å². The number of benzene rings is 1. The lowest BCUT2D eigenvalue weighted by molar-refractivity contribution is 0.441. The summed E-state index contributed by atoms with van der Waals surface area (Å²) in [6.45, 7) is 9.77. The van der Waals surface area contributed by atoms with Crippen LogP contribution in [0.1, 0.15) is 26.3 Å². The van der Waals surface area contributed by atoms with Gasteiger partial charge in [-0.25, -0.2) is 0 Å². The molecule has 2 heteroatoms. The van der Waals surface area contributed by atoms with Gasteiger partial charge in [0.05, 0.1) is 0 Å². The minimum Gasteiger partial charge on any atom is -0.311 e. The number of thioether (sulfide) groups is 1. The van der Waals surface area contributed by atoms with E-state index in [4.69, 9.17) is 0 Å². The third kappa shape index (κ3) is 5.85. The monoisotopic (exact) mass is 223 g/mol. The van der Waals surface area contributed by atoms with Crippen LogP contribution in [0.25, 0.3) is 0 Å². The Kier molecular flexibility index (Phi) is 4.68. The summed E-state index contributed by atoms with van der Waals surface area (Å²) in [5.41, 5.74) is 1.56. The molecular formula is C13H21NS. The minimum atomic E-state index is 0.230. The fourth-order valence-electron chi connectivity index (χ4n) is 1.23. The van der Waals surface area contributed by atoms with Gasteiger partial charge in [0.15, 0.2) is 0 Å². The van der Waals surface area contributed by atoms with Crippen LogP contribution in [0.2, 0.25) is 0 Å². The Bertz CT molecular complexity index is 284. The van der Waals surface area contributed by atoms with E-state index in [1.807, 2.05) is 11.8 Å². The van der Waals surface area contributed by atoms with Gasteiger partial charge in [-0.1, -0.05) is 17.7 Å². The van der Waals surface area contributed by atoms with Crippen molar-refractivity contribution in [3.8, 4) is 0 Å². The second kappa shape index (κ2) is 5.57. The van der Waals surface area contributed by atoms with E-state index in [9.17, 15) is 0 Å². The first kappa shape index (κ1) is 12.6. The molecule has 84 valence electrons. The van der Waals surface area contributed by atoms with Gasteiger partial charge in [0.1, 0.15) is 0 Å². The maximum absolute atomic E-state index is 3.48. The Morgan fingerprint density at radius 1 is 1.13 bits per heavy atom. The third-order valence-corrected chi connectivity index (χ3v) is 3.06. The molecule has 0 aromatic heterocycles. The molecule has 1 N–H and O–H groups in total. The quantitative estimate of drug-likeness (QED) is 0.619. The first-order valence-corrected chi connectivity index (χ1v) is 6.40. The number of aryl methyl sites for hydroxylation is 1. The van der Waals surface area contributed by atoms with Crippen LogP contribution in [0.3, 0.4) is 0 Å². The van der Waals surface area contributed by atoms with Crippen LogP contribution in [-0.2, 0) is 0 Å². The summed E-state index contributed by atoms with van der Waals surface area (Å²) in [7, 11) is 0. The smallest absolute Gasteiger partial charge is 0.0106 e. The molecule has 0 fully saturated rings. The summed E-state index contributed by atoms with van der Waals surface area (Å²) >= 11 is 1.91. The van der Waals surface area contributed by atoms with Crippen LogP contribution < -0.4 is 5.32 Å². The van der Waals surface area contributed by atoms with Gasteiger partial charge in [-0.05, 0) is 39.8 Å². The minimum absolute atomic E-state index is 0.230. The zero-order valence-corrected chi connectivity index (χ0v) is 10.9. The summed E-state index contributed by atoms with van der Waals surface area (Å²) in [4.78, 5) is 1.36. The van der Waals surface area contributed by atoms with Crippen molar-refractivity contribution in [1.29, 1.82) is 0 Å². The average Bonchev–Trinajstić information content (AvgIpc) is 2.14. The van der Waals surface area contributed by atoms with Gasteiger partial charge in [0.2, 0.25) is 0 Å². The molecule has 0 aliphatic rings. The number of hydrogen-bond donors (Lipinski definition) is 1. The molecule has 1 nitrogen and oxygen atoms in total. The van der Waals surface area contributed by atoms with E-state index in [2.05, 4.69) is 57.3 Å². The second-order valence-electron chi connectivity index (χ2n) is 4.84. The van der Waals surface area contributed by atoms with E-state index in [1.54, 1.807) is 0 Å². The summed E-state index contributed by atoms with van der Waals surface area (Å²) in [6, 6.07) is 8.72. The van der Waals surface area contributed by atoms with Crippen LogP contribution >= 0.6 is 11.8 Å². The number of hydrogen-bond acceptors (Lipinski definition) is 2. The molecule has 0 heterocycles. The maximum atomic E-state index is 3.48. The van der Waals surface area contributed by atoms with Gasteiger partial charge < -0.3 is 5.32 Å². The highest BCUT2D eigenvalue weighted by Crippen LogP contribution is 2.17. The molecule has 15 heavy (non-hydrogen) atoms. The molecule has 1 aromatic rings. The van der Waals surface area contributed by atoms with Crippen molar-refractivity contribution in [1.82, 2.24) is 5.32 Å². The normalized spacial score (nSPS) is 11.7. The topological polar surface area (TPSA) is 12.0 Å². The molecule has 0 unspecified atom stereocenters. The van der Waals surface area contributed by atoms with Gasteiger partial charge in [-0.3, -0.25) is 0 Å². The second-order valence-corrected chi connectivity index (χ2v) is 6.01. The summed E-state index contributed by atoms with van der Waals surface area (Å²) in [6.07, 6.45) is 0. The van der Waals surface area contributed by atoms with Gasteiger partial charge in [-0.15, -0.1) is 11.8 Å². The van der Waals surface area contributed by atoms with E-state index in [-0.39, 0.29) is 5.54 Å². The lowest BCUT2D eigenvalue weighted by Gasteiger charge is -2.20. The van der Waals surface area contributed by atoms with Crippen molar-refractivity contribution in [2.75, 3.05) is 12.3 Å². The molecule has 0 saturated carbocycles. The van der Waals surface area contributed by atoms with Crippen LogP contribution in [0.5, 0.6) is 0 Å². The largest absolute Gasteiger partial charge is 0.311 e. The average molecular weight is 223 g/mol. The SMILES string of the molecule is Cc1ccc(SCCNC(C)(C)C)cc1. The fourth-order valence-corrected chi connectivity index (χ4v) is 2.00. The molecular weight excluding hydrogens is 202 g/mol. The van der Waals surface area contributed by atoms with Crippen molar-refractivity contribution in [2.45, 2.75) is 38.1 Å². The van der Waals surface area contributed by atoms with Crippen molar-refractivity contribution in [2.24, 2.45) is 0 Å². The first-order valence-electron chi connectivity index (χ1n) is 5.42. The lowest BCUT2D eigenvalue weighted by atomic mass is 10.1. The van der Waals surface area contributed by atoms with E-state index in [0.29, 0.717) is 0 Å². The molecule has 0 radical (unpaired) electrons. The first-order chi connectivity index (χ1) is 6.97. The Morgan fingerprint density at radius 2 is 1.73 bits per heavy atom. The van der Waals surface area contributed by atoms with Crippen LogP contribution in [-0.4, -0.2) is 17.8 Å². The van der Waals surface area contributed by atoms with Gasteiger partial charge >= 0.3 is 0 Å². The fraction of sp³-hybridized carbons (Fsp3) is 0.538. The highest BCUT2D eigenvalue weighted by molar-refractivity contribution is 7.99. The molecule has 1 aromatic carbocycles. The molecule has 0 atom stereocenters. The molecule has 0 bridgehead atoms. The van der Waals surface area contributed by atoms with Crippen molar-refractivity contribution < 1.29 is 0 Å². The molecule has 0 saturated heterocycles. The van der Waals surface area contributed by atoms with E-state index >= 15 is 0 Å². The number of nitrogens with one attached hydrogen (secondary N) is 1.